The molecule has 2 aliphatic heterocycles. The van der Waals surface area contributed by atoms with Gasteiger partial charge in [0, 0.05) is 12.1 Å². The molecule has 0 bridgehead atoms. The molecule has 0 saturated carbocycles. The number of nitrogens with one attached hydrogen (secondary N) is 1. The summed E-state index contributed by atoms with van der Waals surface area (Å²) in [6.07, 6.45) is 8.26. The van der Waals surface area contributed by atoms with Crippen LogP contribution >= 0.6 is 0 Å². The summed E-state index contributed by atoms with van der Waals surface area (Å²) >= 11 is 0. The monoisotopic (exact) mass is 224 g/mol. The van der Waals surface area contributed by atoms with Crippen LogP contribution in [-0.2, 0) is 0 Å². The number of nitrogens with zero attached hydrogens (tertiary/aromatic N) is 1. The second kappa shape index (κ2) is 5.50. The molecule has 0 aliphatic carbocycles. The van der Waals surface area contributed by atoms with Crippen LogP contribution < -0.4 is 5.32 Å². The van der Waals surface area contributed by atoms with Crippen LogP contribution in [-0.4, -0.2) is 36.6 Å². The standard InChI is InChI=1S/C14H28N2/c1-3-7-14(8-4-9-15-14)12-16-10-5-13(2)6-11-16/h13,15H,3-12H2,1-2H3. The molecule has 2 heterocycles. The van der Waals surface area contributed by atoms with Crippen LogP contribution in [0.1, 0.15) is 52.4 Å². The molecule has 1 unspecified atom stereocenters. The van der Waals surface area contributed by atoms with Crippen LogP contribution in [0.25, 0.3) is 0 Å². The molecule has 0 aromatic heterocycles. The van der Waals surface area contributed by atoms with Gasteiger partial charge in [0.15, 0.2) is 0 Å². The summed E-state index contributed by atoms with van der Waals surface area (Å²) in [7, 11) is 0. The van der Waals surface area contributed by atoms with Crippen molar-refractivity contribution >= 4 is 0 Å². The highest BCUT2D eigenvalue weighted by atomic mass is 15.2. The molecule has 2 rings (SSSR count). The van der Waals surface area contributed by atoms with Crippen LogP contribution in [0.2, 0.25) is 0 Å². The number of likely N-dealkylation sites (tertiary alicyclic amines) is 1. The van der Waals surface area contributed by atoms with Gasteiger partial charge in [0.1, 0.15) is 0 Å². The van der Waals surface area contributed by atoms with E-state index in [1.807, 2.05) is 0 Å². The normalized spacial score (nSPS) is 33.4. The zero-order valence-electron chi connectivity index (χ0n) is 11.1. The molecular weight excluding hydrogens is 196 g/mol. The maximum Gasteiger partial charge on any atom is 0.0309 e. The molecule has 0 amide bonds. The molecule has 0 radical (unpaired) electrons. The first-order valence-electron chi connectivity index (χ1n) is 7.21. The predicted molar refractivity (Wildman–Crippen MR) is 69.7 cm³/mol. The molecule has 2 aliphatic rings. The van der Waals surface area contributed by atoms with E-state index >= 15 is 0 Å². The summed E-state index contributed by atoms with van der Waals surface area (Å²) in [5, 5.41) is 3.79. The Morgan fingerprint density at radius 3 is 2.62 bits per heavy atom. The van der Waals surface area contributed by atoms with Crippen LogP contribution in [0, 0.1) is 5.92 Å². The van der Waals surface area contributed by atoms with E-state index < -0.39 is 0 Å². The predicted octanol–water partition coefficient (Wildman–Crippen LogP) is 2.64. The Kier molecular flexibility index (Phi) is 4.26. The molecule has 1 N–H and O–H groups in total. The summed E-state index contributed by atoms with van der Waals surface area (Å²) in [5.74, 6) is 0.954. The molecule has 2 fully saturated rings. The first-order chi connectivity index (χ1) is 7.74. The molecule has 2 nitrogen and oxygen atoms in total. The van der Waals surface area contributed by atoms with E-state index in [0.717, 1.165) is 5.92 Å². The van der Waals surface area contributed by atoms with Gasteiger partial charge < -0.3 is 10.2 Å². The topological polar surface area (TPSA) is 15.3 Å². The van der Waals surface area contributed by atoms with E-state index in [0.29, 0.717) is 5.54 Å². The third-order valence-electron chi connectivity index (χ3n) is 4.46. The summed E-state index contributed by atoms with van der Waals surface area (Å²) in [6, 6.07) is 0. The third-order valence-corrected chi connectivity index (χ3v) is 4.46. The minimum Gasteiger partial charge on any atom is -0.310 e. The van der Waals surface area contributed by atoms with Gasteiger partial charge in [0.2, 0.25) is 0 Å². The molecule has 0 aromatic rings. The molecule has 2 heteroatoms. The molecule has 16 heavy (non-hydrogen) atoms. The van der Waals surface area contributed by atoms with Crippen LogP contribution in [0.3, 0.4) is 0 Å². The molecule has 0 spiro atoms. The number of hydrogen-bond donors (Lipinski definition) is 1. The van der Waals surface area contributed by atoms with Crippen molar-refractivity contribution in [3.8, 4) is 0 Å². The SMILES string of the molecule is CCCC1(CN2CCC(C)CC2)CCCN1. The molecule has 94 valence electrons. The number of piperidine rings is 1. The van der Waals surface area contributed by atoms with Crippen LogP contribution in [0.15, 0.2) is 0 Å². The van der Waals surface area contributed by atoms with Gasteiger partial charge in [-0.2, -0.15) is 0 Å². The molecule has 1 atom stereocenters. The van der Waals surface area contributed by atoms with Gasteiger partial charge in [-0.05, 0) is 57.7 Å². The van der Waals surface area contributed by atoms with Crippen molar-refractivity contribution in [2.24, 2.45) is 5.92 Å². The van der Waals surface area contributed by atoms with Gasteiger partial charge in [-0.1, -0.05) is 20.3 Å². The van der Waals surface area contributed by atoms with E-state index in [2.05, 4.69) is 24.1 Å². The number of hydrogen-bond acceptors (Lipinski definition) is 2. The minimum atomic E-state index is 0.468. The Balaban J connectivity index is 1.85. The van der Waals surface area contributed by atoms with Crippen molar-refractivity contribution in [2.45, 2.75) is 57.9 Å². The minimum absolute atomic E-state index is 0.468. The van der Waals surface area contributed by atoms with E-state index in [1.54, 1.807) is 0 Å². The van der Waals surface area contributed by atoms with Crippen molar-refractivity contribution in [2.75, 3.05) is 26.2 Å². The molecular formula is C14H28N2. The van der Waals surface area contributed by atoms with E-state index in [1.165, 1.54) is 64.7 Å². The lowest BCUT2D eigenvalue weighted by Gasteiger charge is -2.38. The van der Waals surface area contributed by atoms with Crippen molar-refractivity contribution < 1.29 is 0 Å². The Bertz CT molecular complexity index is 201. The zero-order chi connectivity index (χ0) is 11.4. The highest BCUT2D eigenvalue weighted by molar-refractivity contribution is 4.95. The van der Waals surface area contributed by atoms with E-state index in [-0.39, 0.29) is 0 Å². The second-order valence-electron chi connectivity index (χ2n) is 6.02. The quantitative estimate of drug-likeness (QED) is 0.790. The van der Waals surface area contributed by atoms with Crippen molar-refractivity contribution in [1.29, 1.82) is 0 Å². The first kappa shape index (κ1) is 12.4. The summed E-state index contributed by atoms with van der Waals surface area (Å²) in [4.78, 5) is 2.70. The number of rotatable bonds is 4. The van der Waals surface area contributed by atoms with Crippen LogP contribution in [0.5, 0.6) is 0 Å². The fraction of sp³-hybridized carbons (Fsp3) is 1.00. The fourth-order valence-corrected chi connectivity index (χ4v) is 3.42. The van der Waals surface area contributed by atoms with Crippen molar-refractivity contribution in [1.82, 2.24) is 10.2 Å². The van der Waals surface area contributed by atoms with Gasteiger partial charge in [-0.3, -0.25) is 0 Å². The summed E-state index contributed by atoms with van der Waals surface area (Å²) in [5.41, 5.74) is 0.468. The highest BCUT2D eigenvalue weighted by Crippen LogP contribution is 2.27. The van der Waals surface area contributed by atoms with E-state index in [9.17, 15) is 0 Å². The van der Waals surface area contributed by atoms with Gasteiger partial charge in [-0.15, -0.1) is 0 Å². The lowest BCUT2D eigenvalue weighted by molar-refractivity contribution is 0.138. The smallest absolute Gasteiger partial charge is 0.0309 e. The summed E-state index contributed by atoms with van der Waals surface area (Å²) < 4.78 is 0. The largest absolute Gasteiger partial charge is 0.310 e. The van der Waals surface area contributed by atoms with E-state index in [4.69, 9.17) is 0 Å². The second-order valence-corrected chi connectivity index (χ2v) is 6.02. The van der Waals surface area contributed by atoms with Gasteiger partial charge in [-0.25, -0.2) is 0 Å². The Morgan fingerprint density at radius 2 is 2.06 bits per heavy atom. The Labute approximate surface area is 101 Å². The van der Waals surface area contributed by atoms with Crippen molar-refractivity contribution in [3.05, 3.63) is 0 Å². The highest BCUT2D eigenvalue weighted by Gasteiger charge is 2.34. The zero-order valence-corrected chi connectivity index (χ0v) is 11.1. The first-order valence-corrected chi connectivity index (χ1v) is 7.21. The lowest BCUT2D eigenvalue weighted by Crippen LogP contribution is -2.51. The Morgan fingerprint density at radius 1 is 1.31 bits per heavy atom. The fourth-order valence-electron chi connectivity index (χ4n) is 3.42. The molecule has 2 saturated heterocycles. The lowest BCUT2D eigenvalue weighted by atomic mass is 9.89. The summed E-state index contributed by atoms with van der Waals surface area (Å²) in [6.45, 7) is 9.91. The average Bonchev–Trinajstić information content (AvgIpc) is 2.71. The maximum atomic E-state index is 3.79. The maximum absolute atomic E-state index is 3.79. The van der Waals surface area contributed by atoms with Gasteiger partial charge in [0.05, 0.1) is 0 Å². The van der Waals surface area contributed by atoms with Gasteiger partial charge in [0.25, 0.3) is 0 Å². The van der Waals surface area contributed by atoms with Crippen molar-refractivity contribution in [3.63, 3.8) is 0 Å². The van der Waals surface area contributed by atoms with Gasteiger partial charge >= 0.3 is 0 Å². The average molecular weight is 224 g/mol. The molecule has 0 aromatic carbocycles. The third kappa shape index (κ3) is 2.98. The van der Waals surface area contributed by atoms with Crippen LogP contribution in [0.4, 0.5) is 0 Å². The Hall–Kier alpha value is -0.0800.